The van der Waals surface area contributed by atoms with Gasteiger partial charge >= 0.3 is 0 Å². The molecule has 2 fully saturated rings. The van der Waals surface area contributed by atoms with Crippen LogP contribution in [-0.4, -0.2) is 69.0 Å². The van der Waals surface area contributed by atoms with Crippen LogP contribution in [0.25, 0.3) is 0 Å². The molecule has 1 aliphatic heterocycles. The average molecular weight is 324 g/mol. The Hall–Kier alpha value is -0.460. The fraction of sp³-hybridized carbons (Fsp3) is 0.765. The van der Waals surface area contributed by atoms with Crippen LogP contribution in [0.1, 0.15) is 18.4 Å². The SMILES string of the molecule is CN(C)CCOC[C@@H]1CC[C@H]2[C@H]1OCCN2Cc1ccsc1. The lowest BCUT2D eigenvalue weighted by Crippen LogP contribution is -2.50. The van der Waals surface area contributed by atoms with E-state index >= 15 is 0 Å². The largest absolute Gasteiger partial charge is 0.380 e. The summed E-state index contributed by atoms with van der Waals surface area (Å²) in [6.07, 6.45) is 2.85. The molecule has 2 heterocycles. The highest BCUT2D eigenvalue weighted by Crippen LogP contribution is 2.35. The maximum atomic E-state index is 6.11. The average Bonchev–Trinajstić information content (AvgIpc) is 3.14. The lowest BCUT2D eigenvalue weighted by Gasteiger charge is -2.39. The van der Waals surface area contributed by atoms with E-state index in [-0.39, 0.29) is 0 Å². The number of fused-ring (bicyclic) bond motifs is 1. The third-order valence-electron chi connectivity index (χ3n) is 4.82. The van der Waals surface area contributed by atoms with Gasteiger partial charge in [0.15, 0.2) is 0 Å². The lowest BCUT2D eigenvalue weighted by atomic mass is 10.0. The van der Waals surface area contributed by atoms with Crippen molar-refractivity contribution in [2.75, 3.05) is 47.0 Å². The van der Waals surface area contributed by atoms with Crippen LogP contribution >= 0.6 is 11.3 Å². The Morgan fingerprint density at radius 3 is 3.09 bits per heavy atom. The summed E-state index contributed by atoms with van der Waals surface area (Å²) in [6, 6.07) is 2.82. The van der Waals surface area contributed by atoms with Crippen molar-refractivity contribution in [2.45, 2.75) is 31.5 Å². The van der Waals surface area contributed by atoms with Crippen LogP contribution in [0, 0.1) is 5.92 Å². The Morgan fingerprint density at radius 2 is 2.32 bits per heavy atom. The van der Waals surface area contributed by atoms with Gasteiger partial charge in [-0.3, -0.25) is 4.90 Å². The van der Waals surface area contributed by atoms with Crippen molar-refractivity contribution in [1.29, 1.82) is 0 Å². The molecule has 3 atom stereocenters. The highest BCUT2D eigenvalue weighted by atomic mass is 32.1. The van der Waals surface area contributed by atoms with Crippen LogP contribution < -0.4 is 0 Å². The van der Waals surface area contributed by atoms with E-state index in [2.05, 4.69) is 40.7 Å². The van der Waals surface area contributed by atoms with Crippen LogP contribution in [-0.2, 0) is 16.0 Å². The van der Waals surface area contributed by atoms with Crippen LogP contribution in [0.4, 0.5) is 0 Å². The fourth-order valence-electron chi connectivity index (χ4n) is 3.61. The van der Waals surface area contributed by atoms with Crippen molar-refractivity contribution in [3.8, 4) is 0 Å². The monoisotopic (exact) mass is 324 g/mol. The topological polar surface area (TPSA) is 24.9 Å². The summed E-state index contributed by atoms with van der Waals surface area (Å²) >= 11 is 1.79. The lowest BCUT2D eigenvalue weighted by molar-refractivity contribution is -0.0883. The van der Waals surface area contributed by atoms with Crippen molar-refractivity contribution >= 4 is 11.3 Å². The van der Waals surface area contributed by atoms with Gasteiger partial charge in [-0.25, -0.2) is 0 Å². The van der Waals surface area contributed by atoms with Crippen molar-refractivity contribution in [3.05, 3.63) is 22.4 Å². The van der Waals surface area contributed by atoms with Crippen LogP contribution in [0.5, 0.6) is 0 Å². The minimum atomic E-state index is 0.367. The van der Waals surface area contributed by atoms with E-state index in [4.69, 9.17) is 9.47 Å². The summed E-state index contributed by atoms with van der Waals surface area (Å²) in [7, 11) is 4.17. The molecular formula is C17H28N2O2S. The minimum Gasteiger partial charge on any atom is -0.380 e. The van der Waals surface area contributed by atoms with Gasteiger partial charge in [-0.2, -0.15) is 11.3 Å². The predicted molar refractivity (Wildman–Crippen MR) is 90.4 cm³/mol. The molecule has 0 amide bonds. The normalized spacial score (nSPS) is 29.1. The number of hydrogen-bond donors (Lipinski definition) is 0. The number of rotatable bonds is 7. The van der Waals surface area contributed by atoms with E-state index in [9.17, 15) is 0 Å². The first-order chi connectivity index (χ1) is 10.7. The van der Waals surface area contributed by atoms with Gasteiger partial charge in [0.1, 0.15) is 0 Å². The number of likely N-dealkylation sites (N-methyl/N-ethyl adjacent to an activating group) is 1. The van der Waals surface area contributed by atoms with Crippen molar-refractivity contribution < 1.29 is 9.47 Å². The summed E-state index contributed by atoms with van der Waals surface area (Å²) in [5.74, 6) is 0.567. The molecule has 1 saturated heterocycles. The molecule has 1 aromatic rings. The number of thiophene rings is 1. The molecule has 2 aliphatic rings. The van der Waals surface area contributed by atoms with Crippen molar-refractivity contribution in [3.63, 3.8) is 0 Å². The van der Waals surface area contributed by atoms with Crippen LogP contribution in [0.15, 0.2) is 16.8 Å². The second-order valence-corrected chi connectivity index (χ2v) is 7.50. The third-order valence-corrected chi connectivity index (χ3v) is 5.55. The first-order valence-electron chi connectivity index (χ1n) is 8.33. The van der Waals surface area contributed by atoms with Gasteiger partial charge < -0.3 is 14.4 Å². The molecule has 4 nitrogen and oxygen atoms in total. The van der Waals surface area contributed by atoms with E-state index in [1.807, 2.05) is 0 Å². The van der Waals surface area contributed by atoms with E-state index in [1.165, 1.54) is 18.4 Å². The molecule has 0 N–H and O–H groups in total. The fourth-order valence-corrected chi connectivity index (χ4v) is 4.27. The summed E-state index contributed by atoms with van der Waals surface area (Å²) in [4.78, 5) is 4.78. The smallest absolute Gasteiger partial charge is 0.0781 e. The second-order valence-electron chi connectivity index (χ2n) is 6.72. The molecule has 1 aromatic heterocycles. The van der Waals surface area contributed by atoms with E-state index in [1.54, 1.807) is 11.3 Å². The first-order valence-corrected chi connectivity index (χ1v) is 9.27. The first kappa shape index (κ1) is 16.4. The molecule has 1 aliphatic carbocycles. The zero-order chi connectivity index (χ0) is 15.4. The van der Waals surface area contributed by atoms with Gasteiger partial charge in [0, 0.05) is 31.6 Å². The van der Waals surface area contributed by atoms with Gasteiger partial charge in [0.25, 0.3) is 0 Å². The maximum Gasteiger partial charge on any atom is 0.0781 e. The number of morpholine rings is 1. The van der Waals surface area contributed by atoms with Crippen molar-refractivity contribution in [2.24, 2.45) is 5.92 Å². The third kappa shape index (κ3) is 4.09. The Kier molecular flexibility index (Phi) is 5.88. The van der Waals surface area contributed by atoms with Gasteiger partial charge in [0.2, 0.25) is 0 Å². The minimum absolute atomic E-state index is 0.367. The Morgan fingerprint density at radius 1 is 1.41 bits per heavy atom. The molecule has 5 heteroatoms. The zero-order valence-corrected chi connectivity index (χ0v) is 14.6. The van der Waals surface area contributed by atoms with E-state index < -0.39 is 0 Å². The van der Waals surface area contributed by atoms with Crippen LogP contribution in [0.2, 0.25) is 0 Å². The van der Waals surface area contributed by atoms with E-state index in [0.717, 1.165) is 39.5 Å². The summed E-state index contributed by atoms with van der Waals surface area (Å²) in [5.41, 5.74) is 1.44. The summed E-state index contributed by atoms with van der Waals surface area (Å²) < 4.78 is 12.0. The molecule has 124 valence electrons. The summed E-state index contributed by atoms with van der Waals surface area (Å²) in [5, 5.41) is 4.44. The number of hydrogen-bond acceptors (Lipinski definition) is 5. The highest BCUT2D eigenvalue weighted by Gasteiger charge is 2.42. The number of ether oxygens (including phenoxy) is 2. The Bertz CT molecular complexity index is 438. The molecule has 0 radical (unpaired) electrons. The maximum absolute atomic E-state index is 6.11. The van der Waals surface area contributed by atoms with Gasteiger partial charge in [-0.1, -0.05) is 0 Å². The molecule has 0 unspecified atom stereocenters. The molecule has 1 saturated carbocycles. The molecule has 0 aromatic carbocycles. The molecule has 0 spiro atoms. The van der Waals surface area contributed by atoms with Crippen molar-refractivity contribution in [1.82, 2.24) is 9.80 Å². The predicted octanol–water partition coefficient (Wildman–Crippen LogP) is 2.31. The zero-order valence-electron chi connectivity index (χ0n) is 13.7. The Labute approximate surface area is 138 Å². The van der Waals surface area contributed by atoms with Gasteiger partial charge in [-0.15, -0.1) is 0 Å². The highest BCUT2D eigenvalue weighted by molar-refractivity contribution is 7.07. The Balaban J connectivity index is 1.49. The quantitative estimate of drug-likeness (QED) is 0.719. The van der Waals surface area contributed by atoms with Crippen LogP contribution in [0.3, 0.4) is 0 Å². The standard InChI is InChI=1S/C17H28N2O2S/c1-18(2)6-8-20-12-15-3-4-16-17(15)21-9-7-19(16)11-14-5-10-22-13-14/h5,10,13,15-17H,3-4,6-9,11-12H2,1-2H3/t15-,16-,17-/m0/s1. The summed E-state index contributed by atoms with van der Waals surface area (Å²) in [6.45, 7) is 5.65. The molecule has 3 rings (SSSR count). The molecule has 22 heavy (non-hydrogen) atoms. The molecular weight excluding hydrogens is 296 g/mol. The second kappa shape index (κ2) is 7.88. The molecule has 0 bridgehead atoms. The van der Waals surface area contributed by atoms with E-state index in [0.29, 0.717) is 18.1 Å². The van der Waals surface area contributed by atoms with Gasteiger partial charge in [-0.05, 0) is 49.3 Å². The number of nitrogens with zero attached hydrogens (tertiary/aromatic N) is 2. The van der Waals surface area contributed by atoms with Gasteiger partial charge in [0.05, 0.1) is 25.9 Å².